The summed E-state index contributed by atoms with van der Waals surface area (Å²) in [6, 6.07) is 6.63. The van der Waals surface area contributed by atoms with Gasteiger partial charge in [-0.2, -0.15) is 5.10 Å². The summed E-state index contributed by atoms with van der Waals surface area (Å²) in [5, 5.41) is 10.1. The van der Waals surface area contributed by atoms with Gasteiger partial charge in [-0.05, 0) is 35.7 Å². The van der Waals surface area contributed by atoms with E-state index in [4.69, 9.17) is 0 Å². The van der Waals surface area contributed by atoms with Gasteiger partial charge in [0.15, 0.2) is 0 Å². The molecular weight excluding hydrogens is 268 g/mol. The number of hydrogen-bond donors (Lipinski definition) is 1. The monoisotopic (exact) mass is 286 g/mol. The predicted octanol–water partition coefficient (Wildman–Crippen LogP) is 2.92. The van der Waals surface area contributed by atoms with Gasteiger partial charge in [0, 0.05) is 31.9 Å². The van der Waals surface area contributed by atoms with Gasteiger partial charge in [-0.15, -0.1) is 11.3 Å². The third-order valence-electron chi connectivity index (χ3n) is 3.36. The maximum Gasteiger partial charge on any atom is 0.0809 e. The van der Waals surface area contributed by atoms with Gasteiger partial charge in [-0.3, -0.25) is 9.67 Å². The molecule has 0 aliphatic heterocycles. The first-order chi connectivity index (χ1) is 9.76. The minimum Gasteiger partial charge on any atom is -0.310 e. The maximum atomic E-state index is 4.54. The van der Waals surface area contributed by atoms with Crippen LogP contribution in [0.3, 0.4) is 0 Å². The Bertz CT molecular complexity index is 701. The zero-order valence-electron chi connectivity index (χ0n) is 11.7. The summed E-state index contributed by atoms with van der Waals surface area (Å²) in [5.74, 6) is 0. The molecule has 0 radical (unpaired) electrons. The summed E-state index contributed by atoms with van der Waals surface area (Å²) < 4.78 is 3.09. The minimum absolute atomic E-state index is 0.258. The molecule has 3 rings (SSSR count). The van der Waals surface area contributed by atoms with Crippen molar-refractivity contribution < 1.29 is 0 Å². The van der Waals surface area contributed by atoms with Crippen LogP contribution in [0.5, 0.6) is 0 Å². The van der Waals surface area contributed by atoms with E-state index in [0.717, 1.165) is 24.2 Å². The van der Waals surface area contributed by atoms with E-state index in [1.54, 1.807) is 11.3 Å². The number of fused-ring (bicyclic) bond motifs is 1. The molecule has 0 aliphatic carbocycles. The lowest BCUT2D eigenvalue weighted by molar-refractivity contribution is 0.539. The first-order valence-corrected chi connectivity index (χ1v) is 7.69. The lowest BCUT2D eigenvalue weighted by Gasteiger charge is -2.17. The second-order valence-corrected chi connectivity index (χ2v) is 5.82. The molecule has 0 spiro atoms. The van der Waals surface area contributed by atoms with E-state index in [-0.39, 0.29) is 6.04 Å². The van der Waals surface area contributed by atoms with E-state index in [1.807, 2.05) is 24.1 Å². The lowest BCUT2D eigenvalue weighted by Crippen LogP contribution is -2.23. The van der Waals surface area contributed by atoms with Crippen LogP contribution in [0.1, 0.15) is 24.2 Å². The second-order valence-electron chi connectivity index (χ2n) is 4.87. The van der Waals surface area contributed by atoms with E-state index in [9.17, 15) is 0 Å². The molecule has 0 saturated carbocycles. The molecule has 1 N–H and O–H groups in total. The van der Waals surface area contributed by atoms with Gasteiger partial charge in [0.1, 0.15) is 0 Å². The summed E-state index contributed by atoms with van der Waals surface area (Å²) >= 11 is 1.74. The fraction of sp³-hybridized carbons (Fsp3) is 0.333. The Kier molecular flexibility index (Phi) is 3.80. The van der Waals surface area contributed by atoms with E-state index in [2.05, 4.69) is 45.9 Å². The standard InChI is InChI=1S/C15H18N4S/c1-3-16-14(9-12-4-6-19(2)18-12)11-8-15-13(17-10-11)5-7-20-15/h4-8,10,14,16H,3,9H2,1-2H3. The van der Waals surface area contributed by atoms with Gasteiger partial charge in [0.05, 0.1) is 15.9 Å². The van der Waals surface area contributed by atoms with Crippen LogP contribution in [0.2, 0.25) is 0 Å². The molecule has 4 nitrogen and oxygen atoms in total. The van der Waals surface area contributed by atoms with Crippen molar-refractivity contribution in [2.45, 2.75) is 19.4 Å². The molecule has 3 aromatic rings. The summed E-state index contributed by atoms with van der Waals surface area (Å²) in [7, 11) is 1.95. The van der Waals surface area contributed by atoms with Crippen LogP contribution < -0.4 is 5.32 Å². The Balaban J connectivity index is 1.88. The highest BCUT2D eigenvalue weighted by Crippen LogP contribution is 2.24. The SMILES string of the molecule is CCNC(Cc1ccn(C)n1)c1cnc2ccsc2c1. The molecule has 0 bridgehead atoms. The Morgan fingerprint density at radius 2 is 2.30 bits per heavy atom. The van der Waals surface area contributed by atoms with Gasteiger partial charge < -0.3 is 5.32 Å². The van der Waals surface area contributed by atoms with Crippen molar-refractivity contribution in [1.82, 2.24) is 20.1 Å². The highest BCUT2D eigenvalue weighted by atomic mass is 32.1. The third kappa shape index (κ3) is 2.73. The van der Waals surface area contributed by atoms with Gasteiger partial charge in [-0.25, -0.2) is 0 Å². The summed E-state index contributed by atoms with van der Waals surface area (Å²) in [4.78, 5) is 4.54. The van der Waals surface area contributed by atoms with Gasteiger partial charge in [0.2, 0.25) is 0 Å². The molecule has 0 amide bonds. The molecule has 3 aromatic heterocycles. The van der Waals surface area contributed by atoms with Crippen LogP contribution in [0.15, 0.2) is 36.0 Å². The molecular formula is C15H18N4S. The molecule has 0 aliphatic rings. The topological polar surface area (TPSA) is 42.7 Å². The molecule has 3 heterocycles. The van der Waals surface area contributed by atoms with Crippen LogP contribution in [-0.4, -0.2) is 21.3 Å². The normalized spacial score (nSPS) is 12.9. The molecule has 1 atom stereocenters. The first-order valence-electron chi connectivity index (χ1n) is 6.81. The van der Waals surface area contributed by atoms with Gasteiger partial charge in [-0.1, -0.05) is 6.92 Å². The number of nitrogens with one attached hydrogen (secondary N) is 1. The quantitative estimate of drug-likeness (QED) is 0.784. The molecule has 104 valence electrons. The highest BCUT2D eigenvalue weighted by molar-refractivity contribution is 7.17. The molecule has 0 aromatic carbocycles. The Morgan fingerprint density at radius 3 is 3.05 bits per heavy atom. The van der Waals surface area contributed by atoms with Crippen LogP contribution in [-0.2, 0) is 13.5 Å². The number of pyridine rings is 1. The molecule has 20 heavy (non-hydrogen) atoms. The fourth-order valence-electron chi connectivity index (χ4n) is 2.39. The third-order valence-corrected chi connectivity index (χ3v) is 4.21. The zero-order valence-corrected chi connectivity index (χ0v) is 12.5. The van der Waals surface area contributed by atoms with Crippen molar-refractivity contribution in [3.8, 4) is 0 Å². The number of aromatic nitrogens is 3. The fourth-order valence-corrected chi connectivity index (χ4v) is 3.18. The summed E-state index contributed by atoms with van der Waals surface area (Å²) in [6.07, 6.45) is 4.84. The predicted molar refractivity (Wildman–Crippen MR) is 82.9 cm³/mol. The Labute approximate surface area is 122 Å². The highest BCUT2D eigenvalue weighted by Gasteiger charge is 2.14. The van der Waals surface area contributed by atoms with Crippen molar-refractivity contribution in [3.05, 3.63) is 47.2 Å². The number of nitrogens with zero attached hydrogens (tertiary/aromatic N) is 3. The largest absolute Gasteiger partial charge is 0.310 e. The zero-order chi connectivity index (χ0) is 13.9. The number of hydrogen-bond acceptors (Lipinski definition) is 4. The molecule has 0 saturated heterocycles. The van der Waals surface area contributed by atoms with Crippen LogP contribution in [0, 0.1) is 0 Å². The molecule has 1 unspecified atom stereocenters. The van der Waals surface area contributed by atoms with Crippen molar-refractivity contribution in [3.63, 3.8) is 0 Å². The summed E-state index contributed by atoms with van der Waals surface area (Å²) in [5.41, 5.74) is 3.41. The first kappa shape index (κ1) is 13.3. The van der Waals surface area contributed by atoms with Crippen LogP contribution >= 0.6 is 11.3 Å². The van der Waals surface area contributed by atoms with Gasteiger partial charge in [0.25, 0.3) is 0 Å². The van der Waals surface area contributed by atoms with Crippen molar-refractivity contribution in [2.24, 2.45) is 7.05 Å². The smallest absolute Gasteiger partial charge is 0.0809 e. The van der Waals surface area contributed by atoms with Crippen molar-refractivity contribution in [1.29, 1.82) is 0 Å². The van der Waals surface area contributed by atoms with Crippen molar-refractivity contribution >= 4 is 21.6 Å². The molecule has 5 heteroatoms. The number of aryl methyl sites for hydroxylation is 1. The Morgan fingerprint density at radius 1 is 1.40 bits per heavy atom. The van der Waals surface area contributed by atoms with E-state index in [0.29, 0.717) is 0 Å². The molecule has 0 fully saturated rings. The van der Waals surface area contributed by atoms with E-state index < -0.39 is 0 Å². The van der Waals surface area contributed by atoms with Gasteiger partial charge >= 0.3 is 0 Å². The second kappa shape index (κ2) is 5.73. The average molecular weight is 286 g/mol. The average Bonchev–Trinajstić information content (AvgIpc) is 3.06. The maximum absolute atomic E-state index is 4.54. The number of thiophene rings is 1. The Hall–Kier alpha value is -1.72. The van der Waals surface area contributed by atoms with Crippen molar-refractivity contribution in [2.75, 3.05) is 6.54 Å². The summed E-state index contributed by atoms with van der Waals surface area (Å²) in [6.45, 7) is 3.06. The van der Waals surface area contributed by atoms with Crippen LogP contribution in [0.4, 0.5) is 0 Å². The van der Waals surface area contributed by atoms with Crippen LogP contribution in [0.25, 0.3) is 10.2 Å². The lowest BCUT2D eigenvalue weighted by atomic mass is 10.0. The number of likely N-dealkylation sites (N-methyl/N-ethyl adjacent to an activating group) is 1. The van der Waals surface area contributed by atoms with E-state index in [1.165, 1.54) is 10.3 Å². The van der Waals surface area contributed by atoms with E-state index >= 15 is 0 Å². The minimum atomic E-state index is 0.258. The number of rotatable bonds is 5.